The van der Waals surface area contributed by atoms with Crippen molar-refractivity contribution in [2.45, 2.75) is 38.1 Å². The molecule has 178 valence electrons. The highest BCUT2D eigenvalue weighted by atomic mass is 19.1. The summed E-state index contributed by atoms with van der Waals surface area (Å²) in [5, 5.41) is 9.81. The van der Waals surface area contributed by atoms with Crippen molar-refractivity contribution in [1.82, 2.24) is 14.9 Å². The van der Waals surface area contributed by atoms with Gasteiger partial charge >= 0.3 is 5.97 Å². The average molecular weight is 468 g/mol. The molecule has 3 heterocycles. The third-order valence-corrected chi connectivity index (χ3v) is 7.19. The van der Waals surface area contributed by atoms with E-state index < -0.39 is 17.6 Å². The summed E-state index contributed by atoms with van der Waals surface area (Å²) in [6, 6.07) is 6.35. The molecule has 0 bridgehead atoms. The second-order valence-electron chi connectivity index (χ2n) is 9.09. The molecule has 0 amide bonds. The molecule has 5 rings (SSSR count). The molecule has 0 radical (unpaired) electrons. The number of aliphatic carboxylic acids is 1. The Morgan fingerprint density at radius 3 is 2.68 bits per heavy atom. The predicted octanol–water partition coefficient (Wildman–Crippen LogP) is 5.25. The topological polar surface area (TPSA) is 78.5 Å². The number of hydrogen-bond acceptors (Lipinski definition) is 4. The summed E-state index contributed by atoms with van der Waals surface area (Å²) in [6.07, 6.45) is 7.44. The maximum absolute atomic E-state index is 14.9. The van der Waals surface area contributed by atoms with Crippen LogP contribution in [0.5, 0.6) is 5.75 Å². The first-order valence-electron chi connectivity index (χ1n) is 11.6. The zero-order chi connectivity index (χ0) is 23.8. The van der Waals surface area contributed by atoms with Gasteiger partial charge in [-0.25, -0.2) is 13.8 Å². The molecule has 1 aliphatic heterocycles. The number of benzene rings is 1. The molecule has 1 saturated carbocycles. The van der Waals surface area contributed by atoms with Gasteiger partial charge in [0.2, 0.25) is 0 Å². The van der Waals surface area contributed by atoms with Gasteiger partial charge in [-0.15, -0.1) is 0 Å². The summed E-state index contributed by atoms with van der Waals surface area (Å²) < 4.78 is 34.3. The summed E-state index contributed by atoms with van der Waals surface area (Å²) in [5.41, 5.74) is 3.15. The number of halogens is 2. The Morgan fingerprint density at radius 1 is 1.21 bits per heavy atom. The number of carboxylic acid groups (broad SMARTS) is 1. The number of hydrogen-bond donors (Lipinski definition) is 2. The Morgan fingerprint density at radius 2 is 2.00 bits per heavy atom. The predicted molar refractivity (Wildman–Crippen MR) is 126 cm³/mol. The molecule has 0 spiro atoms. The number of nitrogens with one attached hydrogen (secondary N) is 1. The average Bonchev–Trinajstić information content (AvgIpc) is 3.28. The van der Waals surface area contributed by atoms with Crippen LogP contribution in [0.2, 0.25) is 0 Å². The number of methoxy groups -OCH3 is 1. The normalized spacial score (nSPS) is 21.4. The van der Waals surface area contributed by atoms with E-state index in [0.29, 0.717) is 28.4 Å². The molecule has 3 aromatic rings. The number of fused-ring (bicyclic) bond motifs is 1. The molecule has 6 nitrogen and oxygen atoms in total. The van der Waals surface area contributed by atoms with Crippen molar-refractivity contribution in [1.29, 1.82) is 0 Å². The Kier molecular flexibility index (Phi) is 6.08. The first kappa shape index (κ1) is 22.5. The second-order valence-corrected chi connectivity index (χ2v) is 9.09. The third kappa shape index (κ3) is 4.18. The second kappa shape index (κ2) is 9.18. The van der Waals surface area contributed by atoms with E-state index >= 15 is 0 Å². The zero-order valence-corrected chi connectivity index (χ0v) is 19.0. The van der Waals surface area contributed by atoms with Crippen LogP contribution in [0.3, 0.4) is 0 Å². The van der Waals surface area contributed by atoms with Crippen LogP contribution in [0.25, 0.3) is 27.7 Å². The lowest BCUT2D eigenvalue weighted by Gasteiger charge is -2.37. The summed E-state index contributed by atoms with van der Waals surface area (Å²) in [5.74, 6) is -1.51. The van der Waals surface area contributed by atoms with Gasteiger partial charge in [-0.3, -0.25) is 9.69 Å². The molecule has 34 heavy (non-hydrogen) atoms. The summed E-state index contributed by atoms with van der Waals surface area (Å²) in [6.45, 7) is 1.68. The van der Waals surface area contributed by atoms with Gasteiger partial charge in [0.15, 0.2) is 0 Å². The van der Waals surface area contributed by atoms with E-state index in [1.807, 2.05) is 6.07 Å². The van der Waals surface area contributed by atoms with Crippen molar-refractivity contribution in [3.63, 3.8) is 0 Å². The first-order chi connectivity index (χ1) is 16.4. The van der Waals surface area contributed by atoms with E-state index in [0.717, 1.165) is 62.7 Å². The summed E-state index contributed by atoms with van der Waals surface area (Å²) in [4.78, 5) is 21.2. The van der Waals surface area contributed by atoms with Gasteiger partial charge in [-0.1, -0.05) is 6.08 Å². The standard InChI is InChI=1S/C26H27F2N3O3/c1-34-23-7-4-17(27)12-19(23)24-20-13-22(30-25(20)29-14-21(24)28)15-8-10-31(11-9-15)18-5-2-16(3-6-18)26(32)33/h4,7-8,12-14,16,18H,2-3,5-6,9-11H2,1H3,(H,29,30)(H,32,33)/t16-,18-. The van der Waals surface area contributed by atoms with E-state index in [2.05, 4.69) is 20.9 Å². The minimum Gasteiger partial charge on any atom is -0.496 e. The SMILES string of the molecule is COc1ccc(F)cc1-c1c(F)cnc2[nH]c(C3=CCN([C@H]4CC[C@H](C(=O)O)CC4)CC3)cc12. The molecule has 0 unspecified atom stereocenters. The minimum absolute atomic E-state index is 0.211. The number of aromatic amines is 1. The van der Waals surface area contributed by atoms with Gasteiger partial charge in [0.1, 0.15) is 23.0 Å². The molecule has 1 aliphatic carbocycles. The van der Waals surface area contributed by atoms with Crippen molar-refractivity contribution in [2.24, 2.45) is 5.92 Å². The van der Waals surface area contributed by atoms with Crippen LogP contribution in [-0.4, -0.2) is 52.2 Å². The van der Waals surface area contributed by atoms with Gasteiger partial charge in [0.05, 0.1) is 19.2 Å². The fourth-order valence-electron chi connectivity index (χ4n) is 5.32. The van der Waals surface area contributed by atoms with Gasteiger partial charge in [0, 0.05) is 41.3 Å². The first-order valence-corrected chi connectivity index (χ1v) is 11.6. The molecule has 2 N–H and O–H groups in total. The van der Waals surface area contributed by atoms with Crippen LogP contribution >= 0.6 is 0 Å². The lowest BCUT2D eigenvalue weighted by atomic mass is 9.85. The maximum Gasteiger partial charge on any atom is 0.306 e. The van der Waals surface area contributed by atoms with Crippen LogP contribution in [0.1, 0.15) is 37.8 Å². The van der Waals surface area contributed by atoms with Gasteiger partial charge in [-0.2, -0.15) is 0 Å². The van der Waals surface area contributed by atoms with Crippen molar-refractivity contribution in [2.75, 3.05) is 20.2 Å². The summed E-state index contributed by atoms with van der Waals surface area (Å²) in [7, 11) is 1.47. The third-order valence-electron chi connectivity index (χ3n) is 7.19. The maximum atomic E-state index is 14.9. The van der Waals surface area contributed by atoms with Crippen LogP contribution in [0, 0.1) is 17.6 Å². The highest BCUT2D eigenvalue weighted by molar-refractivity contribution is 5.97. The monoisotopic (exact) mass is 467 g/mol. The van der Waals surface area contributed by atoms with Crippen LogP contribution < -0.4 is 4.74 Å². The van der Waals surface area contributed by atoms with Crippen LogP contribution in [0.15, 0.2) is 36.5 Å². The number of carbonyl (C=O) groups is 1. The molecule has 0 atom stereocenters. The molecule has 2 aromatic heterocycles. The number of pyridine rings is 1. The number of aromatic nitrogens is 2. The molecule has 8 heteroatoms. The van der Waals surface area contributed by atoms with E-state index in [-0.39, 0.29) is 11.5 Å². The Hall–Kier alpha value is -3.26. The fourth-order valence-corrected chi connectivity index (χ4v) is 5.32. The molecule has 0 saturated heterocycles. The summed E-state index contributed by atoms with van der Waals surface area (Å²) >= 11 is 0. The molecular weight excluding hydrogens is 440 g/mol. The molecular formula is C26H27F2N3O3. The smallest absolute Gasteiger partial charge is 0.306 e. The quantitative estimate of drug-likeness (QED) is 0.536. The number of H-pyrrole nitrogens is 1. The largest absolute Gasteiger partial charge is 0.496 e. The van der Waals surface area contributed by atoms with Gasteiger partial charge in [-0.05, 0) is 61.9 Å². The molecule has 1 aromatic carbocycles. The number of nitrogens with zero attached hydrogens (tertiary/aromatic N) is 2. The van der Waals surface area contributed by atoms with Crippen LogP contribution in [0.4, 0.5) is 8.78 Å². The number of carboxylic acids is 1. The highest BCUT2D eigenvalue weighted by Crippen LogP contribution is 2.38. The van der Waals surface area contributed by atoms with Gasteiger partial charge < -0.3 is 14.8 Å². The van der Waals surface area contributed by atoms with Crippen molar-refractivity contribution >= 4 is 22.6 Å². The number of rotatable bonds is 5. The van der Waals surface area contributed by atoms with Crippen molar-refractivity contribution < 1.29 is 23.4 Å². The fraction of sp³-hybridized carbons (Fsp3) is 0.385. The lowest BCUT2D eigenvalue weighted by molar-refractivity contribution is -0.143. The highest BCUT2D eigenvalue weighted by Gasteiger charge is 2.30. The van der Waals surface area contributed by atoms with Crippen molar-refractivity contribution in [3.8, 4) is 16.9 Å². The van der Waals surface area contributed by atoms with Gasteiger partial charge in [0.25, 0.3) is 0 Å². The van der Waals surface area contributed by atoms with E-state index in [9.17, 15) is 18.7 Å². The molecule has 2 aliphatic rings. The van der Waals surface area contributed by atoms with E-state index in [1.54, 1.807) is 0 Å². The Bertz CT molecular complexity index is 1260. The van der Waals surface area contributed by atoms with E-state index in [1.165, 1.54) is 25.3 Å². The van der Waals surface area contributed by atoms with Crippen molar-refractivity contribution in [3.05, 3.63) is 53.9 Å². The number of ether oxygens (including phenoxy) is 1. The lowest BCUT2D eigenvalue weighted by Crippen LogP contribution is -2.41. The minimum atomic E-state index is -0.682. The Balaban J connectivity index is 1.41. The van der Waals surface area contributed by atoms with E-state index in [4.69, 9.17) is 4.74 Å². The molecule has 1 fully saturated rings. The van der Waals surface area contributed by atoms with Crippen LogP contribution in [-0.2, 0) is 4.79 Å². The zero-order valence-electron chi connectivity index (χ0n) is 19.0. The Labute approximate surface area is 196 Å².